The lowest BCUT2D eigenvalue weighted by Gasteiger charge is -2.40. The minimum Gasteiger partial charge on any atom is -0.455 e. The molecule has 0 radical (unpaired) electrons. The molecular formula is C16H23F3O2. The number of carbonyl (C=O) groups excluding carboxylic acids is 1. The Bertz CT molecular complexity index is 430. The van der Waals surface area contributed by atoms with Crippen LogP contribution >= 0.6 is 0 Å². The van der Waals surface area contributed by atoms with Crippen LogP contribution in [0.3, 0.4) is 0 Å². The van der Waals surface area contributed by atoms with E-state index in [-0.39, 0.29) is 5.92 Å². The third kappa shape index (κ3) is 3.27. The SMILES string of the molecule is C=C(C(=O)OC(C)(CCC)C1CC2CCC1C2)C(F)(F)F. The fraction of sp³-hybridized carbons (Fsp3) is 0.812. The van der Waals surface area contributed by atoms with E-state index in [0.717, 1.165) is 25.7 Å². The van der Waals surface area contributed by atoms with Crippen molar-refractivity contribution in [3.05, 3.63) is 12.2 Å². The quantitative estimate of drug-likeness (QED) is 0.546. The minimum absolute atomic E-state index is 0.182. The maximum absolute atomic E-state index is 12.6. The van der Waals surface area contributed by atoms with Crippen molar-refractivity contribution in [2.75, 3.05) is 0 Å². The highest BCUT2D eigenvalue weighted by Gasteiger charge is 2.51. The fourth-order valence-electron chi connectivity index (χ4n) is 4.19. The van der Waals surface area contributed by atoms with Crippen LogP contribution in [0.2, 0.25) is 0 Å². The Balaban J connectivity index is 2.11. The Hall–Kier alpha value is -1.00. The molecule has 2 bridgehead atoms. The smallest absolute Gasteiger partial charge is 0.422 e. The molecule has 2 aliphatic carbocycles. The van der Waals surface area contributed by atoms with E-state index in [1.165, 1.54) is 6.42 Å². The van der Waals surface area contributed by atoms with Crippen LogP contribution in [-0.2, 0) is 9.53 Å². The van der Waals surface area contributed by atoms with Crippen molar-refractivity contribution in [3.8, 4) is 0 Å². The zero-order valence-corrected chi connectivity index (χ0v) is 12.6. The predicted molar refractivity (Wildman–Crippen MR) is 73.5 cm³/mol. The molecule has 21 heavy (non-hydrogen) atoms. The van der Waals surface area contributed by atoms with Gasteiger partial charge < -0.3 is 4.74 Å². The van der Waals surface area contributed by atoms with Crippen molar-refractivity contribution in [1.82, 2.24) is 0 Å². The topological polar surface area (TPSA) is 26.3 Å². The first kappa shape index (κ1) is 16.4. The summed E-state index contributed by atoms with van der Waals surface area (Å²) in [7, 11) is 0. The van der Waals surface area contributed by atoms with Crippen LogP contribution in [0.4, 0.5) is 13.2 Å². The van der Waals surface area contributed by atoms with Crippen molar-refractivity contribution < 1.29 is 22.7 Å². The number of fused-ring (bicyclic) bond motifs is 2. The summed E-state index contributed by atoms with van der Waals surface area (Å²) in [6.45, 7) is 6.60. The molecule has 0 aromatic carbocycles. The first-order valence-corrected chi connectivity index (χ1v) is 7.67. The van der Waals surface area contributed by atoms with E-state index in [1.54, 1.807) is 6.92 Å². The largest absolute Gasteiger partial charge is 0.455 e. The molecule has 0 heterocycles. The third-order valence-corrected chi connectivity index (χ3v) is 5.18. The van der Waals surface area contributed by atoms with Crippen molar-refractivity contribution in [1.29, 1.82) is 0 Å². The molecule has 0 amide bonds. The zero-order valence-electron chi connectivity index (χ0n) is 12.6. The normalized spacial score (nSPS) is 31.0. The molecule has 2 fully saturated rings. The number of carbonyl (C=O) groups is 1. The Morgan fingerprint density at radius 3 is 2.38 bits per heavy atom. The Kier molecular flexibility index (Phi) is 4.41. The van der Waals surface area contributed by atoms with Gasteiger partial charge in [0, 0.05) is 5.92 Å². The summed E-state index contributed by atoms with van der Waals surface area (Å²) in [6, 6.07) is 0. The van der Waals surface area contributed by atoms with Gasteiger partial charge in [-0.05, 0) is 44.4 Å². The molecule has 0 N–H and O–H groups in total. The molecule has 0 saturated heterocycles. The van der Waals surface area contributed by atoms with Gasteiger partial charge in [0.05, 0.1) is 0 Å². The average molecular weight is 304 g/mol. The van der Waals surface area contributed by atoms with Gasteiger partial charge in [-0.1, -0.05) is 26.3 Å². The molecule has 2 nitrogen and oxygen atoms in total. The van der Waals surface area contributed by atoms with E-state index in [4.69, 9.17) is 4.74 Å². The van der Waals surface area contributed by atoms with Gasteiger partial charge in [-0.25, -0.2) is 4.79 Å². The second kappa shape index (κ2) is 5.65. The van der Waals surface area contributed by atoms with E-state index in [2.05, 4.69) is 6.58 Å². The number of ether oxygens (including phenoxy) is 1. The Morgan fingerprint density at radius 1 is 1.29 bits per heavy atom. The highest BCUT2D eigenvalue weighted by Crippen LogP contribution is 2.54. The van der Waals surface area contributed by atoms with Crippen molar-refractivity contribution in [2.24, 2.45) is 17.8 Å². The van der Waals surface area contributed by atoms with Crippen LogP contribution in [0.25, 0.3) is 0 Å². The molecule has 0 aromatic rings. The first-order chi connectivity index (χ1) is 9.67. The second-order valence-electron chi connectivity index (χ2n) is 6.71. The predicted octanol–water partition coefficient (Wildman–Crippen LogP) is 4.64. The lowest BCUT2D eigenvalue weighted by Crippen LogP contribution is -2.43. The highest BCUT2D eigenvalue weighted by atomic mass is 19.4. The number of hydrogen-bond donors (Lipinski definition) is 0. The standard InChI is InChI=1S/C16H23F3O2/c1-4-7-15(3,13-9-11-5-6-12(13)8-11)21-14(20)10(2)16(17,18)19/h11-13H,2,4-9H2,1,3H3. The summed E-state index contributed by atoms with van der Waals surface area (Å²) in [5, 5.41) is 0. The van der Waals surface area contributed by atoms with Gasteiger partial charge in [0.15, 0.2) is 0 Å². The van der Waals surface area contributed by atoms with Crippen molar-refractivity contribution in [3.63, 3.8) is 0 Å². The minimum atomic E-state index is -4.72. The summed E-state index contributed by atoms with van der Waals surface area (Å²) in [6.07, 6.45) is 1.04. The average Bonchev–Trinajstić information content (AvgIpc) is 2.99. The van der Waals surface area contributed by atoms with Gasteiger partial charge >= 0.3 is 12.1 Å². The molecule has 120 valence electrons. The molecule has 2 rings (SSSR count). The number of halogens is 3. The molecule has 5 heteroatoms. The van der Waals surface area contributed by atoms with Crippen molar-refractivity contribution in [2.45, 2.75) is 64.1 Å². The monoisotopic (exact) mass is 304 g/mol. The van der Waals surface area contributed by atoms with E-state index < -0.39 is 23.3 Å². The van der Waals surface area contributed by atoms with Gasteiger partial charge in [-0.15, -0.1) is 0 Å². The summed E-state index contributed by atoms with van der Waals surface area (Å²) in [4.78, 5) is 11.8. The van der Waals surface area contributed by atoms with Crippen LogP contribution in [-0.4, -0.2) is 17.7 Å². The van der Waals surface area contributed by atoms with Gasteiger partial charge in [0.1, 0.15) is 11.2 Å². The molecule has 0 aromatic heterocycles. The molecule has 4 unspecified atom stereocenters. The molecule has 2 saturated carbocycles. The van der Waals surface area contributed by atoms with Crippen LogP contribution in [0.5, 0.6) is 0 Å². The van der Waals surface area contributed by atoms with E-state index in [9.17, 15) is 18.0 Å². The van der Waals surface area contributed by atoms with Gasteiger partial charge in [-0.3, -0.25) is 0 Å². The van der Waals surface area contributed by atoms with Crippen LogP contribution in [0, 0.1) is 17.8 Å². The number of alkyl halides is 3. The van der Waals surface area contributed by atoms with Crippen LogP contribution in [0.1, 0.15) is 52.4 Å². The molecule has 0 aliphatic heterocycles. The van der Waals surface area contributed by atoms with E-state index in [0.29, 0.717) is 18.3 Å². The maximum Gasteiger partial charge on any atom is 0.422 e. The number of hydrogen-bond acceptors (Lipinski definition) is 2. The Morgan fingerprint density at radius 2 is 1.95 bits per heavy atom. The molecule has 2 aliphatic rings. The molecular weight excluding hydrogens is 281 g/mol. The summed E-state index contributed by atoms with van der Waals surface area (Å²) < 4.78 is 43.1. The van der Waals surface area contributed by atoms with E-state index >= 15 is 0 Å². The fourth-order valence-corrected chi connectivity index (χ4v) is 4.19. The van der Waals surface area contributed by atoms with E-state index in [1.807, 2.05) is 6.92 Å². The Labute approximate surface area is 123 Å². The van der Waals surface area contributed by atoms with Gasteiger partial charge in [0.25, 0.3) is 0 Å². The highest BCUT2D eigenvalue weighted by molar-refractivity contribution is 5.89. The zero-order chi connectivity index (χ0) is 15.8. The summed E-state index contributed by atoms with van der Waals surface area (Å²) in [5.74, 6) is 0.00149. The summed E-state index contributed by atoms with van der Waals surface area (Å²) >= 11 is 0. The number of esters is 1. The van der Waals surface area contributed by atoms with Crippen LogP contribution < -0.4 is 0 Å². The first-order valence-electron chi connectivity index (χ1n) is 7.67. The maximum atomic E-state index is 12.6. The molecule has 0 spiro atoms. The third-order valence-electron chi connectivity index (χ3n) is 5.18. The lowest BCUT2D eigenvalue weighted by molar-refractivity contribution is -0.172. The second-order valence-corrected chi connectivity index (χ2v) is 6.71. The number of rotatable bonds is 5. The van der Waals surface area contributed by atoms with Gasteiger partial charge in [0.2, 0.25) is 0 Å². The lowest BCUT2D eigenvalue weighted by atomic mass is 9.75. The molecule has 4 atom stereocenters. The van der Waals surface area contributed by atoms with Crippen LogP contribution in [0.15, 0.2) is 12.2 Å². The summed E-state index contributed by atoms with van der Waals surface area (Å²) in [5.41, 5.74) is -2.21. The van der Waals surface area contributed by atoms with Gasteiger partial charge in [-0.2, -0.15) is 13.2 Å². The van der Waals surface area contributed by atoms with Crippen molar-refractivity contribution >= 4 is 5.97 Å².